The molecule has 0 N–H and O–H groups in total. The molecule has 0 unspecified atom stereocenters. The minimum Gasteiger partial charge on any atom is -0.266 e. The first-order valence-electron chi connectivity index (χ1n) is 4.32. The van der Waals surface area contributed by atoms with Crippen molar-refractivity contribution in [2.75, 3.05) is 12.1 Å². The van der Waals surface area contributed by atoms with E-state index in [0.717, 1.165) is 19.4 Å². The van der Waals surface area contributed by atoms with Gasteiger partial charge in [-0.2, -0.15) is 10.1 Å². The van der Waals surface area contributed by atoms with E-state index in [-0.39, 0.29) is 5.56 Å². The van der Waals surface area contributed by atoms with Gasteiger partial charge in [-0.15, -0.1) is 11.6 Å². The number of rotatable bonds is 5. The average molecular weight is 234 g/mol. The number of alkyl halides is 1. The van der Waals surface area contributed by atoms with E-state index in [2.05, 4.69) is 10.1 Å². The van der Waals surface area contributed by atoms with Crippen LogP contribution in [0.4, 0.5) is 0 Å². The second-order valence-electron chi connectivity index (χ2n) is 2.70. The van der Waals surface area contributed by atoms with E-state index in [1.165, 1.54) is 18.0 Å². The smallest absolute Gasteiger partial charge is 0.266 e. The van der Waals surface area contributed by atoms with Crippen LogP contribution >= 0.6 is 23.4 Å². The van der Waals surface area contributed by atoms with Gasteiger partial charge in [-0.3, -0.25) is 4.79 Å². The summed E-state index contributed by atoms with van der Waals surface area (Å²) in [6.07, 6.45) is 5.01. The highest BCUT2D eigenvalue weighted by atomic mass is 35.5. The molecule has 0 amide bonds. The monoisotopic (exact) mass is 233 g/mol. The molecular weight excluding hydrogens is 222 g/mol. The van der Waals surface area contributed by atoms with Crippen molar-refractivity contribution < 1.29 is 0 Å². The Kier molecular flexibility index (Phi) is 4.97. The van der Waals surface area contributed by atoms with Crippen molar-refractivity contribution >= 4 is 23.4 Å². The molecule has 4 nitrogen and oxygen atoms in total. The standard InChI is InChI=1S/C8H12ClN3OS/c1-14-8-11-7(13)6-10-12(8)5-3-2-4-9/h6H,2-5H2,1H3. The number of hydrogen-bond acceptors (Lipinski definition) is 4. The van der Waals surface area contributed by atoms with Gasteiger partial charge in [-0.1, -0.05) is 11.8 Å². The van der Waals surface area contributed by atoms with Crippen LogP contribution in [0.5, 0.6) is 0 Å². The Labute approximate surface area is 91.7 Å². The fraction of sp³-hybridized carbons (Fsp3) is 0.625. The molecule has 1 heterocycles. The maximum Gasteiger partial charge on any atom is 0.292 e. The van der Waals surface area contributed by atoms with Gasteiger partial charge in [0.1, 0.15) is 6.20 Å². The van der Waals surface area contributed by atoms with E-state index in [0.29, 0.717) is 11.0 Å². The molecule has 0 saturated carbocycles. The summed E-state index contributed by atoms with van der Waals surface area (Å²) in [6, 6.07) is 0. The number of hydrogen-bond donors (Lipinski definition) is 0. The van der Waals surface area contributed by atoms with Crippen molar-refractivity contribution in [3.05, 3.63) is 16.6 Å². The Morgan fingerprint density at radius 1 is 1.57 bits per heavy atom. The fourth-order valence-corrected chi connectivity index (χ4v) is 1.73. The lowest BCUT2D eigenvalue weighted by atomic mass is 10.3. The molecule has 14 heavy (non-hydrogen) atoms. The lowest BCUT2D eigenvalue weighted by Gasteiger charge is -2.07. The van der Waals surface area contributed by atoms with Gasteiger partial charge in [0.2, 0.25) is 0 Å². The first-order chi connectivity index (χ1) is 6.77. The highest BCUT2D eigenvalue weighted by Gasteiger charge is 2.01. The topological polar surface area (TPSA) is 47.8 Å². The number of halogens is 1. The van der Waals surface area contributed by atoms with E-state index in [1.807, 2.05) is 6.26 Å². The maximum absolute atomic E-state index is 10.9. The number of unbranched alkanes of at least 4 members (excludes halogenated alkanes) is 1. The summed E-state index contributed by atoms with van der Waals surface area (Å²) >= 11 is 6.99. The van der Waals surface area contributed by atoms with Crippen LogP contribution in [0.1, 0.15) is 12.8 Å². The Balaban J connectivity index is 2.70. The number of nitrogens with zero attached hydrogens (tertiary/aromatic N) is 3. The van der Waals surface area contributed by atoms with Gasteiger partial charge < -0.3 is 0 Å². The summed E-state index contributed by atoms with van der Waals surface area (Å²) in [5.41, 5.74) is -0.289. The Morgan fingerprint density at radius 2 is 2.36 bits per heavy atom. The molecule has 0 saturated heterocycles. The Morgan fingerprint density at radius 3 is 3.00 bits per heavy atom. The van der Waals surface area contributed by atoms with E-state index in [4.69, 9.17) is 11.6 Å². The lowest BCUT2D eigenvalue weighted by Crippen LogP contribution is -2.16. The van der Waals surface area contributed by atoms with Gasteiger partial charge in [0.05, 0.1) is 0 Å². The average Bonchev–Trinajstić information content (AvgIpc) is 2.20. The summed E-state index contributed by atoms with van der Waals surface area (Å²) in [5.74, 6) is 0.655. The van der Waals surface area contributed by atoms with Crippen molar-refractivity contribution in [1.82, 2.24) is 14.8 Å². The largest absolute Gasteiger partial charge is 0.292 e. The summed E-state index contributed by atoms with van der Waals surface area (Å²) in [6.45, 7) is 0.760. The SMILES string of the molecule is CSc1nc(=O)cnn1CCCCCl. The molecule has 0 aliphatic rings. The van der Waals surface area contributed by atoms with Gasteiger partial charge in [0, 0.05) is 12.4 Å². The summed E-state index contributed by atoms with van der Waals surface area (Å²) < 4.78 is 1.73. The molecule has 0 aliphatic carbocycles. The van der Waals surface area contributed by atoms with Crippen LogP contribution in [0.3, 0.4) is 0 Å². The van der Waals surface area contributed by atoms with E-state index >= 15 is 0 Å². The molecule has 6 heteroatoms. The second-order valence-corrected chi connectivity index (χ2v) is 3.85. The van der Waals surface area contributed by atoms with Crippen molar-refractivity contribution in [1.29, 1.82) is 0 Å². The van der Waals surface area contributed by atoms with Crippen LogP contribution in [0, 0.1) is 0 Å². The van der Waals surface area contributed by atoms with Crippen LogP contribution in [0.2, 0.25) is 0 Å². The van der Waals surface area contributed by atoms with Crippen LogP contribution in [0.15, 0.2) is 16.1 Å². The first kappa shape index (κ1) is 11.5. The molecule has 1 aromatic heterocycles. The number of aryl methyl sites for hydroxylation is 1. The molecule has 0 spiro atoms. The molecule has 1 rings (SSSR count). The summed E-state index contributed by atoms with van der Waals surface area (Å²) in [4.78, 5) is 14.8. The Hall–Kier alpha value is -0.550. The number of aromatic nitrogens is 3. The maximum atomic E-state index is 10.9. The second kappa shape index (κ2) is 6.03. The van der Waals surface area contributed by atoms with Crippen LogP contribution in [-0.4, -0.2) is 26.9 Å². The molecule has 78 valence electrons. The molecule has 1 aromatic rings. The molecule has 0 radical (unpaired) electrons. The lowest BCUT2D eigenvalue weighted by molar-refractivity contribution is 0.492. The zero-order valence-electron chi connectivity index (χ0n) is 7.94. The fourth-order valence-electron chi connectivity index (χ4n) is 1.01. The van der Waals surface area contributed by atoms with Gasteiger partial charge in [0.25, 0.3) is 5.56 Å². The molecule has 0 fully saturated rings. The van der Waals surface area contributed by atoms with E-state index in [9.17, 15) is 4.79 Å². The van der Waals surface area contributed by atoms with Crippen LogP contribution in [-0.2, 0) is 6.54 Å². The van der Waals surface area contributed by atoms with Gasteiger partial charge >= 0.3 is 0 Å². The van der Waals surface area contributed by atoms with Crippen molar-refractivity contribution in [3.63, 3.8) is 0 Å². The van der Waals surface area contributed by atoms with Gasteiger partial charge in [-0.05, 0) is 19.1 Å². The highest BCUT2D eigenvalue weighted by molar-refractivity contribution is 7.98. The normalized spacial score (nSPS) is 10.4. The molecule has 0 aromatic carbocycles. The van der Waals surface area contributed by atoms with Crippen molar-refractivity contribution in [3.8, 4) is 0 Å². The Bertz CT molecular complexity index is 342. The third-order valence-corrected chi connectivity index (χ3v) is 2.60. The molecule has 0 atom stereocenters. The van der Waals surface area contributed by atoms with Crippen molar-refractivity contribution in [2.45, 2.75) is 24.5 Å². The number of thioether (sulfide) groups is 1. The minimum absolute atomic E-state index is 0.289. The predicted molar refractivity (Wildman–Crippen MR) is 58.0 cm³/mol. The molecule has 0 bridgehead atoms. The third kappa shape index (κ3) is 3.31. The van der Waals surface area contributed by atoms with Gasteiger partial charge in [0.15, 0.2) is 5.16 Å². The first-order valence-corrected chi connectivity index (χ1v) is 6.08. The van der Waals surface area contributed by atoms with E-state index in [1.54, 1.807) is 4.68 Å². The highest BCUT2D eigenvalue weighted by Crippen LogP contribution is 2.08. The zero-order chi connectivity index (χ0) is 10.4. The summed E-state index contributed by atoms with van der Waals surface area (Å²) in [5, 5.41) is 4.66. The minimum atomic E-state index is -0.289. The van der Waals surface area contributed by atoms with Crippen LogP contribution < -0.4 is 5.56 Å². The zero-order valence-corrected chi connectivity index (χ0v) is 9.51. The molecular formula is C8H12ClN3OS. The predicted octanol–water partition coefficient (Wildman–Crippen LogP) is 1.38. The molecule has 0 aliphatic heterocycles. The summed E-state index contributed by atoms with van der Waals surface area (Å²) in [7, 11) is 0. The van der Waals surface area contributed by atoms with Crippen molar-refractivity contribution in [2.24, 2.45) is 0 Å². The quantitative estimate of drug-likeness (QED) is 0.438. The van der Waals surface area contributed by atoms with E-state index < -0.39 is 0 Å². The van der Waals surface area contributed by atoms with Crippen LogP contribution in [0.25, 0.3) is 0 Å². The third-order valence-electron chi connectivity index (χ3n) is 1.67. The van der Waals surface area contributed by atoms with Gasteiger partial charge in [-0.25, -0.2) is 4.68 Å².